The standard InChI is InChI=1S/C52H33NO3/c1-2-10-39-33(9-1)23-30-43-50-38(13-7-17-47(50)56-52(39)43)34-21-27-37(28-22-34)53(44-14-8-18-48-51(44)42-12-4-6-16-46(42)54-48)36-25-19-32(20-26-36)35-24-29-41-40-11-3-5-15-45(40)55-49(41)31-35/h1-31,48,51H. The topological polar surface area (TPSA) is 38.8 Å². The van der Waals surface area contributed by atoms with Crippen LogP contribution in [0.1, 0.15) is 11.5 Å². The Kier molecular flexibility index (Phi) is 6.72. The van der Waals surface area contributed by atoms with Crippen LogP contribution in [0.2, 0.25) is 0 Å². The maximum atomic E-state index is 6.53. The summed E-state index contributed by atoms with van der Waals surface area (Å²) >= 11 is 0. The van der Waals surface area contributed by atoms with Gasteiger partial charge in [-0.25, -0.2) is 0 Å². The number of nitrogens with zero attached hydrogens (tertiary/aromatic N) is 1. The Bertz CT molecular complexity index is 3240. The van der Waals surface area contributed by atoms with Gasteiger partial charge in [0.15, 0.2) is 0 Å². The summed E-state index contributed by atoms with van der Waals surface area (Å²) in [5.41, 5.74) is 12.7. The maximum absolute atomic E-state index is 6.53. The van der Waals surface area contributed by atoms with Crippen LogP contribution in [0.15, 0.2) is 203 Å². The van der Waals surface area contributed by atoms with Crippen LogP contribution in [0.3, 0.4) is 0 Å². The molecule has 8 aromatic carbocycles. The number of anilines is 2. The lowest BCUT2D eigenvalue weighted by molar-refractivity contribution is 0.264. The van der Waals surface area contributed by atoms with Gasteiger partial charge < -0.3 is 18.5 Å². The van der Waals surface area contributed by atoms with E-state index in [0.29, 0.717) is 0 Å². The van der Waals surface area contributed by atoms with E-state index in [-0.39, 0.29) is 12.0 Å². The van der Waals surface area contributed by atoms with Crippen LogP contribution in [0.5, 0.6) is 5.75 Å². The van der Waals surface area contributed by atoms with E-state index in [1.54, 1.807) is 0 Å². The quantitative estimate of drug-likeness (QED) is 0.178. The van der Waals surface area contributed by atoms with Gasteiger partial charge in [-0.2, -0.15) is 0 Å². The SMILES string of the molecule is C1=CC2Oc3ccccc3C2C(N(c2ccc(-c3ccc4c(c3)oc3ccccc34)cc2)c2ccc(-c3cccc4oc5c6ccccc6ccc5c34)cc2)=C1. The van der Waals surface area contributed by atoms with Crippen molar-refractivity contribution >= 4 is 66.0 Å². The molecule has 4 nitrogen and oxygen atoms in total. The number of benzene rings is 8. The number of rotatable bonds is 5. The zero-order valence-corrected chi connectivity index (χ0v) is 30.2. The third kappa shape index (κ3) is 4.72. The van der Waals surface area contributed by atoms with E-state index in [1.807, 2.05) is 18.2 Å². The molecule has 0 N–H and O–H groups in total. The van der Waals surface area contributed by atoms with E-state index in [0.717, 1.165) is 88.6 Å². The first-order chi connectivity index (χ1) is 27.7. The highest BCUT2D eigenvalue weighted by Crippen LogP contribution is 2.49. The minimum Gasteiger partial charge on any atom is -0.485 e. The molecular formula is C52H33NO3. The van der Waals surface area contributed by atoms with Crippen molar-refractivity contribution in [3.05, 3.63) is 199 Å². The molecule has 1 aliphatic heterocycles. The molecule has 0 fully saturated rings. The average Bonchev–Trinajstić information content (AvgIpc) is 3.96. The van der Waals surface area contributed by atoms with E-state index in [4.69, 9.17) is 13.6 Å². The van der Waals surface area contributed by atoms with E-state index in [9.17, 15) is 0 Å². The summed E-state index contributed by atoms with van der Waals surface area (Å²) in [5.74, 6) is 0.992. The third-order valence-electron chi connectivity index (χ3n) is 11.7. The van der Waals surface area contributed by atoms with Crippen LogP contribution in [0.25, 0.3) is 76.9 Å². The second-order valence-electron chi connectivity index (χ2n) is 14.8. The molecule has 0 radical (unpaired) electrons. The molecule has 1 aliphatic carbocycles. The Hall–Kier alpha value is -7.30. The Morgan fingerprint density at radius 1 is 0.482 bits per heavy atom. The maximum Gasteiger partial charge on any atom is 0.143 e. The molecule has 2 aromatic heterocycles. The first-order valence-corrected chi connectivity index (χ1v) is 19.1. The Morgan fingerprint density at radius 3 is 2.05 bits per heavy atom. The van der Waals surface area contributed by atoms with Crippen molar-refractivity contribution in [2.75, 3.05) is 4.90 Å². The first kappa shape index (κ1) is 31.1. The minimum atomic E-state index is -0.0768. The molecule has 3 heterocycles. The summed E-state index contributed by atoms with van der Waals surface area (Å²) < 4.78 is 19.3. The summed E-state index contributed by atoms with van der Waals surface area (Å²) in [5, 5.41) is 6.84. The summed E-state index contributed by atoms with van der Waals surface area (Å²) in [6.45, 7) is 0. The Labute approximate surface area is 322 Å². The number of hydrogen-bond donors (Lipinski definition) is 0. The lowest BCUT2D eigenvalue weighted by atomic mass is 9.87. The molecule has 2 atom stereocenters. The Balaban J connectivity index is 0.965. The molecule has 0 bridgehead atoms. The number of ether oxygens (including phenoxy) is 1. The summed E-state index contributed by atoms with van der Waals surface area (Å²) in [6.07, 6.45) is 6.47. The molecule has 4 heteroatoms. The van der Waals surface area contributed by atoms with Crippen molar-refractivity contribution in [2.24, 2.45) is 0 Å². The lowest BCUT2D eigenvalue weighted by Gasteiger charge is -2.34. The van der Waals surface area contributed by atoms with Crippen LogP contribution in [-0.2, 0) is 0 Å². The van der Waals surface area contributed by atoms with Crippen LogP contribution in [0, 0.1) is 0 Å². The van der Waals surface area contributed by atoms with Crippen molar-refractivity contribution in [3.63, 3.8) is 0 Å². The molecule has 0 saturated heterocycles. The van der Waals surface area contributed by atoms with Gasteiger partial charge in [-0.1, -0.05) is 115 Å². The number of furan rings is 2. The van der Waals surface area contributed by atoms with Gasteiger partial charge in [-0.05, 0) is 100 Å². The zero-order valence-electron chi connectivity index (χ0n) is 30.2. The number of fused-ring (bicyclic) bond motifs is 11. The third-order valence-corrected chi connectivity index (χ3v) is 11.7. The normalized spacial score (nSPS) is 16.0. The second-order valence-corrected chi connectivity index (χ2v) is 14.8. The highest BCUT2D eigenvalue weighted by atomic mass is 16.5. The van der Waals surface area contributed by atoms with E-state index < -0.39 is 0 Å². The number of para-hydroxylation sites is 2. The zero-order chi connectivity index (χ0) is 36.7. The van der Waals surface area contributed by atoms with E-state index in [2.05, 4.69) is 175 Å². The van der Waals surface area contributed by atoms with Gasteiger partial charge in [0.1, 0.15) is 34.2 Å². The van der Waals surface area contributed by atoms with Gasteiger partial charge in [0.2, 0.25) is 0 Å². The van der Waals surface area contributed by atoms with Crippen LogP contribution in [0.4, 0.5) is 11.4 Å². The monoisotopic (exact) mass is 719 g/mol. The largest absolute Gasteiger partial charge is 0.485 e. The molecule has 264 valence electrons. The number of hydrogen-bond acceptors (Lipinski definition) is 4. The molecule has 56 heavy (non-hydrogen) atoms. The predicted molar refractivity (Wildman–Crippen MR) is 229 cm³/mol. The van der Waals surface area contributed by atoms with Crippen molar-refractivity contribution in [3.8, 4) is 28.0 Å². The summed E-state index contributed by atoms with van der Waals surface area (Å²) in [4.78, 5) is 2.39. The predicted octanol–water partition coefficient (Wildman–Crippen LogP) is 14.1. The fourth-order valence-electron chi connectivity index (χ4n) is 9.04. The van der Waals surface area contributed by atoms with Crippen molar-refractivity contribution < 1.29 is 13.6 Å². The molecule has 0 spiro atoms. The molecule has 0 amide bonds. The highest BCUT2D eigenvalue weighted by molar-refractivity contribution is 6.19. The molecule has 10 aromatic rings. The smallest absolute Gasteiger partial charge is 0.143 e. The van der Waals surface area contributed by atoms with Gasteiger partial charge >= 0.3 is 0 Å². The lowest BCUT2D eigenvalue weighted by Crippen LogP contribution is -2.29. The van der Waals surface area contributed by atoms with Crippen LogP contribution >= 0.6 is 0 Å². The van der Waals surface area contributed by atoms with Crippen LogP contribution in [-0.4, -0.2) is 6.10 Å². The van der Waals surface area contributed by atoms with Gasteiger partial charge in [0.05, 0.1) is 5.92 Å². The van der Waals surface area contributed by atoms with Gasteiger partial charge in [-0.3, -0.25) is 0 Å². The highest BCUT2D eigenvalue weighted by Gasteiger charge is 2.39. The van der Waals surface area contributed by atoms with E-state index >= 15 is 0 Å². The van der Waals surface area contributed by atoms with Gasteiger partial charge in [0, 0.05) is 49.6 Å². The average molecular weight is 720 g/mol. The summed E-state index contributed by atoms with van der Waals surface area (Å²) in [7, 11) is 0. The second kappa shape index (κ2) is 12.1. The number of allylic oxidation sites excluding steroid dienone is 2. The van der Waals surface area contributed by atoms with Crippen molar-refractivity contribution in [1.82, 2.24) is 0 Å². The first-order valence-electron chi connectivity index (χ1n) is 19.1. The van der Waals surface area contributed by atoms with E-state index in [1.165, 1.54) is 16.6 Å². The van der Waals surface area contributed by atoms with Crippen LogP contribution < -0.4 is 9.64 Å². The molecular weight excluding hydrogens is 687 g/mol. The fraction of sp³-hybridized carbons (Fsp3) is 0.0385. The molecule has 12 rings (SSSR count). The van der Waals surface area contributed by atoms with Crippen molar-refractivity contribution in [1.29, 1.82) is 0 Å². The minimum absolute atomic E-state index is 0.0481. The molecule has 2 aliphatic rings. The Morgan fingerprint density at radius 2 is 1.18 bits per heavy atom. The van der Waals surface area contributed by atoms with Crippen molar-refractivity contribution in [2.45, 2.75) is 12.0 Å². The summed E-state index contributed by atoms with van der Waals surface area (Å²) in [6, 6.07) is 60.2. The molecule has 2 unspecified atom stereocenters. The van der Waals surface area contributed by atoms with Gasteiger partial charge in [-0.15, -0.1) is 0 Å². The molecule has 0 saturated carbocycles. The fourth-order valence-corrected chi connectivity index (χ4v) is 9.04. The van der Waals surface area contributed by atoms with Gasteiger partial charge in [0.25, 0.3) is 0 Å².